The molecule has 0 saturated carbocycles. The van der Waals surface area contributed by atoms with E-state index < -0.39 is 35.5 Å². The Morgan fingerprint density at radius 3 is 2.70 bits per heavy atom. The van der Waals surface area contributed by atoms with Gasteiger partial charge in [-0.2, -0.15) is 0 Å². The second kappa shape index (κ2) is 13.1. The fourth-order valence-corrected chi connectivity index (χ4v) is 6.38. The van der Waals surface area contributed by atoms with Gasteiger partial charge in [0.15, 0.2) is 17.8 Å². The van der Waals surface area contributed by atoms with Gasteiger partial charge in [0.1, 0.15) is 6.04 Å². The van der Waals surface area contributed by atoms with E-state index in [4.69, 9.17) is 15.2 Å². The highest BCUT2D eigenvalue weighted by Gasteiger charge is 2.29. The molecule has 0 aliphatic carbocycles. The summed E-state index contributed by atoms with van der Waals surface area (Å²) in [5.74, 6) is -1.33. The maximum Gasteiger partial charge on any atom is 0.308 e. The number of unbranched alkanes of at least 4 members (excludes halogenated alkanes) is 1. The van der Waals surface area contributed by atoms with E-state index in [1.165, 1.54) is 24.3 Å². The van der Waals surface area contributed by atoms with E-state index in [0.29, 0.717) is 11.2 Å². The quantitative estimate of drug-likeness (QED) is 0.0584. The van der Waals surface area contributed by atoms with Crippen LogP contribution < -0.4 is 16.6 Å². The highest BCUT2D eigenvalue weighted by molar-refractivity contribution is 8.77. The molecule has 0 aromatic heterocycles. The first-order chi connectivity index (χ1) is 15.6. The Balaban J connectivity index is 1.58. The van der Waals surface area contributed by atoms with Crippen LogP contribution in [0.1, 0.15) is 51.5 Å². The van der Waals surface area contributed by atoms with Gasteiger partial charge in [-0.15, -0.1) is 0 Å². The molecule has 1 aromatic carbocycles. The van der Waals surface area contributed by atoms with E-state index in [-0.39, 0.29) is 24.7 Å². The Kier molecular flexibility index (Phi) is 10.9. The lowest BCUT2D eigenvalue weighted by Gasteiger charge is -2.21. The number of carbonyl (C=O) groups excluding carboxylic acids is 2. The van der Waals surface area contributed by atoms with Gasteiger partial charge in [-0.3, -0.25) is 15.0 Å². The number of nitrogens with two attached hydrogens (primary N) is 1. The first-order valence-electron chi connectivity index (χ1n) is 10.7. The number of phenolic OH excluding ortho intramolecular Hbond substituents is 3. The zero-order chi connectivity index (χ0) is 24.4. The van der Waals surface area contributed by atoms with Crippen molar-refractivity contribution in [1.82, 2.24) is 10.9 Å². The van der Waals surface area contributed by atoms with E-state index in [9.17, 15) is 24.9 Å². The van der Waals surface area contributed by atoms with Crippen molar-refractivity contribution >= 4 is 33.5 Å². The van der Waals surface area contributed by atoms with Crippen LogP contribution in [0.5, 0.6) is 17.2 Å². The number of rotatable bonds is 13. The van der Waals surface area contributed by atoms with E-state index in [2.05, 4.69) is 17.8 Å². The molecule has 10 nitrogen and oxygen atoms in total. The molecule has 1 fully saturated rings. The van der Waals surface area contributed by atoms with Gasteiger partial charge < -0.3 is 30.5 Å². The maximum absolute atomic E-state index is 12.0. The van der Waals surface area contributed by atoms with Gasteiger partial charge in [-0.05, 0) is 39.2 Å². The van der Waals surface area contributed by atoms with Gasteiger partial charge >= 0.3 is 5.97 Å². The number of hydrogen-bond donors (Lipinski definition) is 6. The molecule has 12 heteroatoms. The Morgan fingerprint density at radius 1 is 1.24 bits per heavy atom. The number of hydrazine groups is 1. The van der Waals surface area contributed by atoms with Gasteiger partial charge in [-0.1, -0.05) is 34.1 Å². The fourth-order valence-electron chi connectivity index (χ4n) is 3.08. The molecule has 1 aromatic rings. The third kappa shape index (κ3) is 9.13. The molecule has 1 amide bonds. The van der Waals surface area contributed by atoms with Crippen LogP contribution in [0, 0.1) is 0 Å². The summed E-state index contributed by atoms with van der Waals surface area (Å²) in [6, 6.07) is 1.57. The van der Waals surface area contributed by atoms with Crippen molar-refractivity contribution < 1.29 is 34.4 Å². The molecule has 2 unspecified atom stereocenters. The van der Waals surface area contributed by atoms with Crippen LogP contribution in [0.2, 0.25) is 0 Å². The summed E-state index contributed by atoms with van der Waals surface area (Å²) in [6.45, 7) is 3.64. The topological polar surface area (TPSA) is 163 Å². The van der Waals surface area contributed by atoms with Crippen LogP contribution in [-0.4, -0.2) is 56.6 Å². The number of phenols is 3. The molecule has 1 aliphatic heterocycles. The number of benzene rings is 1. The Hall–Kier alpha value is -1.86. The molecule has 33 heavy (non-hydrogen) atoms. The Bertz CT molecular complexity index is 806. The molecule has 3 atom stereocenters. The van der Waals surface area contributed by atoms with E-state index in [1.807, 2.05) is 21.6 Å². The third-order valence-corrected chi connectivity index (χ3v) is 8.52. The lowest BCUT2D eigenvalue weighted by atomic mass is 9.99. The van der Waals surface area contributed by atoms with Gasteiger partial charge in [0.25, 0.3) is 5.91 Å². The second-order valence-corrected chi connectivity index (χ2v) is 11.1. The van der Waals surface area contributed by atoms with Crippen molar-refractivity contribution in [3.05, 3.63) is 17.7 Å². The highest BCUT2D eigenvalue weighted by atomic mass is 33.1. The predicted octanol–water partition coefficient (Wildman–Crippen LogP) is 2.26. The lowest BCUT2D eigenvalue weighted by Crippen LogP contribution is -2.49. The third-order valence-electron chi connectivity index (χ3n) is 5.16. The van der Waals surface area contributed by atoms with E-state index >= 15 is 0 Å². The van der Waals surface area contributed by atoms with Crippen molar-refractivity contribution in [3.8, 4) is 17.2 Å². The molecule has 1 aliphatic rings. The van der Waals surface area contributed by atoms with Crippen molar-refractivity contribution in [1.29, 1.82) is 0 Å². The summed E-state index contributed by atoms with van der Waals surface area (Å²) in [4.78, 5) is 24.0. The minimum Gasteiger partial charge on any atom is -0.504 e. The first kappa shape index (κ1) is 27.4. The Labute approximate surface area is 201 Å². The van der Waals surface area contributed by atoms with Gasteiger partial charge in [-0.25, -0.2) is 5.43 Å². The summed E-state index contributed by atoms with van der Waals surface area (Å²) < 4.78 is 10.9. The molecule has 7 N–H and O–H groups in total. The molecule has 2 rings (SSSR count). The summed E-state index contributed by atoms with van der Waals surface area (Å²) in [7, 11) is 3.84. The van der Waals surface area contributed by atoms with Crippen molar-refractivity contribution in [2.75, 3.05) is 12.4 Å². The zero-order valence-corrected chi connectivity index (χ0v) is 20.5. The SMILES string of the molecule is CC(OCC(N)C(=O)NNCc1ccc(O)c(O)c1O)OC(=O)CCCC[C@]1(C)CCSS1. The van der Waals surface area contributed by atoms with E-state index in [0.717, 1.165) is 19.3 Å². The molecule has 186 valence electrons. The molecule has 1 saturated heterocycles. The number of ether oxygens (including phenoxy) is 2. The molecular formula is C21H33N3O7S2. The number of nitrogens with one attached hydrogen (secondary N) is 2. The van der Waals surface area contributed by atoms with Crippen LogP contribution in [0.25, 0.3) is 0 Å². The van der Waals surface area contributed by atoms with Crippen LogP contribution in [0.3, 0.4) is 0 Å². The number of esters is 1. The van der Waals surface area contributed by atoms with Crippen molar-refractivity contribution in [2.45, 2.75) is 69.6 Å². The smallest absolute Gasteiger partial charge is 0.308 e. The molecular weight excluding hydrogens is 470 g/mol. The van der Waals surface area contributed by atoms with Crippen LogP contribution in [-0.2, 0) is 25.6 Å². The van der Waals surface area contributed by atoms with Gasteiger partial charge in [0.2, 0.25) is 5.75 Å². The first-order valence-corrected chi connectivity index (χ1v) is 13.1. The minimum absolute atomic E-state index is 0.0241. The highest BCUT2D eigenvalue weighted by Crippen LogP contribution is 2.49. The molecule has 0 spiro atoms. The number of hydrogen-bond acceptors (Lipinski definition) is 11. The largest absolute Gasteiger partial charge is 0.504 e. The lowest BCUT2D eigenvalue weighted by molar-refractivity contribution is -0.175. The minimum atomic E-state index is -1.03. The monoisotopic (exact) mass is 503 g/mol. The van der Waals surface area contributed by atoms with Crippen molar-refractivity contribution in [3.63, 3.8) is 0 Å². The maximum atomic E-state index is 12.0. The van der Waals surface area contributed by atoms with Crippen LogP contribution in [0.15, 0.2) is 12.1 Å². The summed E-state index contributed by atoms with van der Waals surface area (Å²) in [6.07, 6.45) is 3.49. The van der Waals surface area contributed by atoms with Crippen LogP contribution >= 0.6 is 21.6 Å². The average Bonchev–Trinajstić information content (AvgIpc) is 3.21. The van der Waals surface area contributed by atoms with Crippen molar-refractivity contribution in [2.24, 2.45) is 5.73 Å². The molecule has 0 bridgehead atoms. The summed E-state index contributed by atoms with van der Waals surface area (Å²) in [5, 5.41) is 28.6. The molecule has 1 heterocycles. The zero-order valence-electron chi connectivity index (χ0n) is 18.8. The second-order valence-electron chi connectivity index (χ2n) is 8.09. The summed E-state index contributed by atoms with van der Waals surface area (Å²) >= 11 is 0. The number of amides is 1. The fraction of sp³-hybridized carbons (Fsp3) is 0.619. The number of carbonyl (C=O) groups is 2. The molecule has 0 radical (unpaired) electrons. The average molecular weight is 504 g/mol. The van der Waals surface area contributed by atoms with Gasteiger partial charge in [0.05, 0.1) is 6.61 Å². The van der Waals surface area contributed by atoms with Crippen LogP contribution in [0.4, 0.5) is 0 Å². The van der Waals surface area contributed by atoms with E-state index in [1.54, 1.807) is 6.92 Å². The Morgan fingerprint density at radius 2 is 2.00 bits per heavy atom. The standard InChI is InChI=1S/C21H33N3O7S2/c1-13(31-17(26)5-3-4-8-21(2)9-10-32-33-21)30-12-15(22)20(29)24-23-11-14-6-7-16(25)19(28)18(14)27/h6-7,13,15,23,25,27-28H,3-5,8-12,22H2,1-2H3,(H,24,29)/t13?,15?,21-/m1/s1. The predicted molar refractivity (Wildman–Crippen MR) is 127 cm³/mol. The summed E-state index contributed by atoms with van der Waals surface area (Å²) in [5.41, 5.74) is 11.0. The normalized spacial score (nSPS) is 19.7. The van der Waals surface area contributed by atoms with Gasteiger partial charge in [0, 0.05) is 29.0 Å². The number of aromatic hydroxyl groups is 3.